The molecule has 0 aliphatic heterocycles. The molecule has 0 fully saturated rings. The lowest BCUT2D eigenvalue weighted by molar-refractivity contribution is 0.0691. The van der Waals surface area contributed by atoms with Crippen LogP contribution in [0.25, 0.3) is 21.9 Å². The number of hydrogen-bond acceptors (Lipinski definition) is 1. The summed E-state index contributed by atoms with van der Waals surface area (Å²) in [5, 5.41) is 9.99. The van der Waals surface area contributed by atoms with Gasteiger partial charge in [-0.2, -0.15) is 0 Å². The summed E-state index contributed by atoms with van der Waals surface area (Å²) in [6, 6.07) is 7.62. The van der Waals surface area contributed by atoms with Gasteiger partial charge in [-0.15, -0.1) is 0 Å². The Balaban J connectivity index is 2.48. The van der Waals surface area contributed by atoms with Gasteiger partial charge in [0.05, 0.1) is 16.6 Å². The molecule has 86 valence electrons. The molecule has 2 aromatic heterocycles. The van der Waals surface area contributed by atoms with Crippen molar-refractivity contribution in [3.8, 4) is 0 Å². The Morgan fingerprint density at radius 1 is 1.35 bits per heavy atom. The summed E-state index contributed by atoms with van der Waals surface area (Å²) in [5.41, 5.74) is 3.05. The van der Waals surface area contributed by atoms with Crippen LogP contribution in [0.3, 0.4) is 0 Å². The molecule has 2 heterocycles. The number of aromatic carboxylic acids is 1. The minimum atomic E-state index is -0.940. The maximum absolute atomic E-state index is 10.9. The Labute approximate surface area is 105 Å². The van der Waals surface area contributed by atoms with Crippen molar-refractivity contribution in [2.75, 3.05) is 0 Å². The van der Waals surface area contributed by atoms with Gasteiger partial charge in [0.2, 0.25) is 0 Å². The second-order valence-corrected chi connectivity index (χ2v) is 4.88. The van der Waals surface area contributed by atoms with E-state index in [1.807, 2.05) is 29.8 Å². The number of H-pyrrole nitrogens is 1. The highest BCUT2D eigenvalue weighted by atomic mass is 79.9. The molecule has 17 heavy (non-hydrogen) atoms. The van der Waals surface area contributed by atoms with Crippen molar-refractivity contribution in [2.24, 2.45) is 7.05 Å². The van der Waals surface area contributed by atoms with E-state index in [-0.39, 0.29) is 5.69 Å². The van der Waals surface area contributed by atoms with Crippen molar-refractivity contribution in [3.63, 3.8) is 0 Å². The maximum Gasteiger partial charge on any atom is 0.352 e. The summed E-state index contributed by atoms with van der Waals surface area (Å²) in [6.07, 6.45) is 0. The summed E-state index contributed by atoms with van der Waals surface area (Å²) >= 11 is 3.42. The first-order chi connectivity index (χ1) is 8.08. The van der Waals surface area contributed by atoms with Crippen LogP contribution in [-0.2, 0) is 7.05 Å². The number of carboxylic acids is 1. The second kappa shape index (κ2) is 3.37. The molecule has 4 nitrogen and oxygen atoms in total. The Kier molecular flexibility index (Phi) is 2.06. The van der Waals surface area contributed by atoms with E-state index in [2.05, 4.69) is 20.9 Å². The molecule has 0 spiro atoms. The van der Waals surface area contributed by atoms with Gasteiger partial charge in [0.1, 0.15) is 5.69 Å². The van der Waals surface area contributed by atoms with Crippen LogP contribution in [0.15, 0.2) is 28.7 Å². The highest BCUT2D eigenvalue weighted by Crippen LogP contribution is 2.30. The minimum Gasteiger partial charge on any atom is -0.477 e. The third kappa shape index (κ3) is 1.39. The fraction of sp³-hybridized carbons (Fsp3) is 0.0833. The van der Waals surface area contributed by atoms with Crippen LogP contribution in [-0.4, -0.2) is 20.6 Å². The van der Waals surface area contributed by atoms with Gasteiger partial charge in [0.15, 0.2) is 0 Å². The third-order valence-corrected chi connectivity index (χ3v) is 3.47. The number of halogens is 1. The Morgan fingerprint density at radius 2 is 2.12 bits per heavy atom. The predicted octanol–water partition coefficient (Wildman–Crippen LogP) is 3.12. The number of hydrogen-bond donors (Lipinski definition) is 2. The average molecular weight is 293 g/mol. The van der Waals surface area contributed by atoms with Gasteiger partial charge in [-0.3, -0.25) is 0 Å². The Hall–Kier alpha value is -1.75. The molecule has 0 radical (unpaired) electrons. The SMILES string of the molecule is Cn1c2ccc(Br)cc2c2[nH]c(C(=O)O)cc21. The number of carboxylic acid groups (broad SMARTS) is 1. The number of nitrogens with zero attached hydrogens (tertiary/aromatic N) is 1. The third-order valence-electron chi connectivity index (χ3n) is 2.98. The van der Waals surface area contributed by atoms with E-state index in [1.54, 1.807) is 6.07 Å². The van der Waals surface area contributed by atoms with E-state index < -0.39 is 5.97 Å². The summed E-state index contributed by atoms with van der Waals surface area (Å²) in [4.78, 5) is 13.9. The lowest BCUT2D eigenvalue weighted by atomic mass is 10.2. The molecule has 0 saturated carbocycles. The zero-order valence-electron chi connectivity index (χ0n) is 8.99. The molecule has 3 rings (SSSR count). The van der Waals surface area contributed by atoms with Crippen molar-refractivity contribution in [2.45, 2.75) is 0 Å². The highest BCUT2D eigenvalue weighted by molar-refractivity contribution is 9.10. The standard InChI is InChI=1S/C12H9BrN2O2/c1-15-9-3-2-6(13)4-7(9)11-10(15)5-8(14-11)12(16)17/h2-5,14H,1H3,(H,16,17). The van der Waals surface area contributed by atoms with Crippen LogP contribution in [0.4, 0.5) is 0 Å². The summed E-state index contributed by atoms with van der Waals surface area (Å²) < 4.78 is 2.96. The van der Waals surface area contributed by atoms with E-state index in [0.29, 0.717) is 0 Å². The molecule has 3 aromatic rings. The van der Waals surface area contributed by atoms with Crippen molar-refractivity contribution >= 4 is 43.8 Å². The normalized spacial score (nSPS) is 11.4. The van der Waals surface area contributed by atoms with Crippen LogP contribution in [0, 0.1) is 0 Å². The highest BCUT2D eigenvalue weighted by Gasteiger charge is 2.14. The van der Waals surface area contributed by atoms with Crippen LogP contribution in [0.2, 0.25) is 0 Å². The summed E-state index contributed by atoms with van der Waals surface area (Å²) in [6.45, 7) is 0. The number of aromatic amines is 1. The van der Waals surface area contributed by atoms with E-state index in [0.717, 1.165) is 26.4 Å². The fourth-order valence-corrected chi connectivity index (χ4v) is 2.52. The largest absolute Gasteiger partial charge is 0.477 e. The first kappa shape index (κ1) is 10.4. The minimum absolute atomic E-state index is 0.215. The average Bonchev–Trinajstić information content (AvgIpc) is 2.80. The Morgan fingerprint density at radius 3 is 2.82 bits per heavy atom. The van der Waals surface area contributed by atoms with Crippen molar-refractivity contribution in [1.29, 1.82) is 0 Å². The Bertz CT molecular complexity index is 755. The second-order valence-electron chi connectivity index (χ2n) is 3.97. The summed E-state index contributed by atoms with van der Waals surface area (Å²) in [5.74, 6) is -0.940. The van der Waals surface area contributed by atoms with Crippen LogP contribution < -0.4 is 0 Å². The number of aromatic nitrogens is 2. The molecule has 0 amide bonds. The first-order valence-electron chi connectivity index (χ1n) is 5.08. The monoisotopic (exact) mass is 292 g/mol. The smallest absolute Gasteiger partial charge is 0.352 e. The topological polar surface area (TPSA) is 58.0 Å². The van der Waals surface area contributed by atoms with Crippen molar-refractivity contribution < 1.29 is 9.90 Å². The molecule has 2 N–H and O–H groups in total. The number of fused-ring (bicyclic) bond motifs is 3. The molecule has 0 saturated heterocycles. The molecule has 1 aromatic carbocycles. The van der Waals surface area contributed by atoms with Crippen LogP contribution in [0.5, 0.6) is 0 Å². The lowest BCUT2D eigenvalue weighted by Gasteiger charge is -1.97. The quantitative estimate of drug-likeness (QED) is 0.724. The van der Waals surface area contributed by atoms with Gasteiger partial charge in [-0.05, 0) is 24.3 Å². The number of benzene rings is 1. The number of aryl methyl sites for hydroxylation is 1. The summed E-state index contributed by atoms with van der Waals surface area (Å²) in [7, 11) is 1.93. The molecule has 0 aliphatic carbocycles. The molecular formula is C12H9BrN2O2. The molecular weight excluding hydrogens is 284 g/mol. The molecule has 5 heteroatoms. The van der Waals surface area contributed by atoms with Crippen molar-refractivity contribution in [1.82, 2.24) is 9.55 Å². The number of carbonyl (C=O) groups is 1. The molecule has 0 atom stereocenters. The molecule has 0 aliphatic rings. The van der Waals surface area contributed by atoms with Gasteiger partial charge < -0.3 is 14.7 Å². The van der Waals surface area contributed by atoms with Gasteiger partial charge in [0, 0.05) is 16.9 Å². The molecule has 0 unspecified atom stereocenters. The van der Waals surface area contributed by atoms with E-state index in [1.165, 1.54) is 0 Å². The van der Waals surface area contributed by atoms with Crippen LogP contribution in [0.1, 0.15) is 10.5 Å². The lowest BCUT2D eigenvalue weighted by Crippen LogP contribution is -1.95. The van der Waals surface area contributed by atoms with Crippen LogP contribution >= 0.6 is 15.9 Å². The number of nitrogens with one attached hydrogen (secondary N) is 1. The van der Waals surface area contributed by atoms with E-state index in [9.17, 15) is 4.79 Å². The van der Waals surface area contributed by atoms with Gasteiger partial charge in [-0.1, -0.05) is 15.9 Å². The maximum atomic E-state index is 10.9. The van der Waals surface area contributed by atoms with Gasteiger partial charge in [-0.25, -0.2) is 4.79 Å². The van der Waals surface area contributed by atoms with Crippen molar-refractivity contribution in [3.05, 3.63) is 34.4 Å². The van der Waals surface area contributed by atoms with E-state index >= 15 is 0 Å². The zero-order chi connectivity index (χ0) is 12.2. The van der Waals surface area contributed by atoms with Gasteiger partial charge >= 0.3 is 5.97 Å². The fourth-order valence-electron chi connectivity index (χ4n) is 2.16. The number of rotatable bonds is 1. The van der Waals surface area contributed by atoms with E-state index in [4.69, 9.17) is 5.11 Å². The zero-order valence-corrected chi connectivity index (χ0v) is 10.6. The first-order valence-corrected chi connectivity index (χ1v) is 5.87. The predicted molar refractivity (Wildman–Crippen MR) is 69.4 cm³/mol. The van der Waals surface area contributed by atoms with Gasteiger partial charge in [0.25, 0.3) is 0 Å². The molecule has 0 bridgehead atoms.